The van der Waals surface area contributed by atoms with E-state index in [-0.39, 0.29) is 5.78 Å². The number of nitrogens with one attached hydrogen (secondary N) is 1. The van der Waals surface area contributed by atoms with Crippen LogP contribution in [0.2, 0.25) is 0 Å². The highest BCUT2D eigenvalue weighted by atomic mass is 32.1. The summed E-state index contributed by atoms with van der Waals surface area (Å²) in [6.45, 7) is 1.60. The lowest BCUT2D eigenvalue weighted by Crippen LogP contribution is -2.15. The Kier molecular flexibility index (Phi) is 3.38. The Morgan fingerprint density at radius 2 is 2.05 bits per heavy atom. The highest BCUT2D eigenvalue weighted by Crippen LogP contribution is 2.35. The summed E-state index contributed by atoms with van der Waals surface area (Å²) in [4.78, 5) is 12.8. The Balaban J connectivity index is 1.78. The molecule has 1 heterocycles. The van der Waals surface area contributed by atoms with Crippen molar-refractivity contribution in [3.8, 4) is 0 Å². The molecule has 1 aliphatic rings. The minimum Gasteiger partial charge on any atom is -0.378 e. The summed E-state index contributed by atoms with van der Waals surface area (Å²) < 4.78 is 0. The van der Waals surface area contributed by atoms with Gasteiger partial charge in [0.15, 0.2) is 5.78 Å². The van der Waals surface area contributed by atoms with Gasteiger partial charge in [-0.25, -0.2) is 0 Å². The van der Waals surface area contributed by atoms with Crippen LogP contribution in [0.1, 0.15) is 46.6 Å². The van der Waals surface area contributed by atoms with E-state index in [1.165, 1.54) is 29.7 Å². The number of benzene rings is 1. The summed E-state index contributed by atoms with van der Waals surface area (Å²) in [7, 11) is 0. The average molecular weight is 271 g/mol. The van der Waals surface area contributed by atoms with Gasteiger partial charge in [0.05, 0.1) is 6.04 Å². The molecule has 98 valence electrons. The maximum absolute atomic E-state index is 11.3. The van der Waals surface area contributed by atoms with Crippen LogP contribution in [0.15, 0.2) is 35.7 Å². The third-order valence-corrected chi connectivity index (χ3v) is 4.68. The van der Waals surface area contributed by atoms with E-state index >= 15 is 0 Å². The maximum atomic E-state index is 11.3. The van der Waals surface area contributed by atoms with Crippen LogP contribution in [0, 0.1) is 0 Å². The largest absolute Gasteiger partial charge is 0.378 e. The SMILES string of the molecule is CC(=O)c1ccc(NC2CCCc3sccc32)cc1. The van der Waals surface area contributed by atoms with E-state index in [4.69, 9.17) is 0 Å². The molecule has 3 heteroatoms. The summed E-state index contributed by atoms with van der Waals surface area (Å²) in [6, 6.07) is 10.4. The van der Waals surface area contributed by atoms with Gasteiger partial charge in [-0.3, -0.25) is 4.79 Å². The lowest BCUT2D eigenvalue weighted by Gasteiger charge is -2.24. The van der Waals surface area contributed by atoms with E-state index < -0.39 is 0 Å². The molecule has 0 aliphatic heterocycles. The van der Waals surface area contributed by atoms with Crippen molar-refractivity contribution in [3.63, 3.8) is 0 Å². The lowest BCUT2D eigenvalue weighted by molar-refractivity contribution is 0.101. The minimum atomic E-state index is 0.115. The Bertz CT molecular complexity index is 585. The quantitative estimate of drug-likeness (QED) is 0.836. The second kappa shape index (κ2) is 5.17. The number of carbonyl (C=O) groups excluding carboxylic acids is 1. The zero-order valence-corrected chi connectivity index (χ0v) is 11.8. The smallest absolute Gasteiger partial charge is 0.159 e. The molecule has 2 nitrogen and oxygen atoms in total. The fourth-order valence-electron chi connectivity index (χ4n) is 2.64. The van der Waals surface area contributed by atoms with Gasteiger partial charge in [-0.1, -0.05) is 0 Å². The first-order valence-corrected chi connectivity index (χ1v) is 7.56. The number of hydrogen-bond acceptors (Lipinski definition) is 3. The van der Waals surface area contributed by atoms with Gasteiger partial charge in [0.25, 0.3) is 0 Å². The summed E-state index contributed by atoms with van der Waals surface area (Å²) in [5.74, 6) is 0.115. The van der Waals surface area contributed by atoms with E-state index in [1.807, 2.05) is 35.6 Å². The van der Waals surface area contributed by atoms with Crippen molar-refractivity contribution >= 4 is 22.8 Å². The lowest BCUT2D eigenvalue weighted by atomic mass is 9.94. The van der Waals surface area contributed by atoms with Gasteiger partial charge in [0.2, 0.25) is 0 Å². The van der Waals surface area contributed by atoms with Gasteiger partial charge < -0.3 is 5.32 Å². The van der Waals surface area contributed by atoms with Crippen molar-refractivity contribution in [2.24, 2.45) is 0 Å². The molecular formula is C16H17NOS. The monoisotopic (exact) mass is 271 g/mol. The summed E-state index contributed by atoms with van der Waals surface area (Å²) in [6.07, 6.45) is 3.64. The molecule has 0 amide bonds. The van der Waals surface area contributed by atoms with Gasteiger partial charge in [-0.05, 0) is 67.5 Å². The van der Waals surface area contributed by atoms with Gasteiger partial charge in [-0.15, -0.1) is 11.3 Å². The van der Waals surface area contributed by atoms with E-state index in [0.717, 1.165) is 11.3 Å². The Morgan fingerprint density at radius 1 is 1.26 bits per heavy atom. The molecule has 1 aromatic heterocycles. The zero-order valence-electron chi connectivity index (χ0n) is 11.0. The Morgan fingerprint density at radius 3 is 2.79 bits per heavy atom. The standard InChI is InChI=1S/C16H17NOS/c1-11(18)12-5-7-13(8-6-12)17-15-3-2-4-16-14(15)9-10-19-16/h5-10,15,17H,2-4H2,1H3. The molecule has 3 rings (SSSR count). The molecule has 1 aliphatic carbocycles. The molecular weight excluding hydrogens is 254 g/mol. The van der Waals surface area contributed by atoms with Crippen molar-refractivity contribution in [1.29, 1.82) is 0 Å². The number of fused-ring (bicyclic) bond motifs is 1. The molecule has 2 aromatic rings. The Hall–Kier alpha value is -1.61. The van der Waals surface area contributed by atoms with E-state index in [0.29, 0.717) is 6.04 Å². The fourth-order valence-corrected chi connectivity index (χ4v) is 3.63. The van der Waals surface area contributed by atoms with Crippen molar-refractivity contribution in [1.82, 2.24) is 0 Å². The van der Waals surface area contributed by atoms with Crippen LogP contribution in [0.5, 0.6) is 0 Å². The van der Waals surface area contributed by atoms with Crippen LogP contribution >= 0.6 is 11.3 Å². The van der Waals surface area contributed by atoms with Gasteiger partial charge in [0.1, 0.15) is 0 Å². The van der Waals surface area contributed by atoms with Gasteiger partial charge in [0, 0.05) is 16.1 Å². The van der Waals surface area contributed by atoms with Gasteiger partial charge in [-0.2, -0.15) is 0 Å². The molecule has 0 saturated heterocycles. The van der Waals surface area contributed by atoms with Crippen LogP contribution in [-0.4, -0.2) is 5.78 Å². The third kappa shape index (κ3) is 2.56. The number of thiophene rings is 1. The van der Waals surface area contributed by atoms with E-state index in [9.17, 15) is 4.79 Å². The number of anilines is 1. The second-order valence-corrected chi connectivity index (χ2v) is 6.02. The van der Waals surface area contributed by atoms with Crippen LogP contribution < -0.4 is 5.32 Å². The van der Waals surface area contributed by atoms with Crippen molar-refractivity contribution in [2.45, 2.75) is 32.2 Å². The topological polar surface area (TPSA) is 29.1 Å². The molecule has 0 spiro atoms. The van der Waals surface area contributed by atoms with Crippen LogP contribution in [0.25, 0.3) is 0 Å². The van der Waals surface area contributed by atoms with E-state index in [2.05, 4.69) is 16.8 Å². The molecule has 1 atom stereocenters. The van der Waals surface area contributed by atoms with Crippen LogP contribution in [0.3, 0.4) is 0 Å². The van der Waals surface area contributed by atoms with Crippen molar-refractivity contribution in [2.75, 3.05) is 5.32 Å². The first-order valence-electron chi connectivity index (χ1n) is 6.68. The van der Waals surface area contributed by atoms with Crippen molar-refractivity contribution in [3.05, 3.63) is 51.7 Å². The molecule has 0 bridgehead atoms. The Labute approximate surface area is 117 Å². The van der Waals surface area contributed by atoms with Crippen molar-refractivity contribution < 1.29 is 4.79 Å². The second-order valence-electron chi connectivity index (χ2n) is 5.02. The number of aryl methyl sites for hydroxylation is 1. The van der Waals surface area contributed by atoms with Crippen LogP contribution in [0.4, 0.5) is 5.69 Å². The number of carbonyl (C=O) groups is 1. The first-order chi connectivity index (χ1) is 9.24. The molecule has 19 heavy (non-hydrogen) atoms. The summed E-state index contributed by atoms with van der Waals surface area (Å²) in [5.41, 5.74) is 3.31. The molecule has 0 radical (unpaired) electrons. The highest BCUT2D eigenvalue weighted by Gasteiger charge is 2.20. The molecule has 1 N–H and O–H groups in total. The van der Waals surface area contributed by atoms with E-state index in [1.54, 1.807) is 6.92 Å². The number of rotatable bonds is 3. The maximum Gasteiger partial charge on any atom is 0.159 e. The predicted molar refractivity (Wildman–Crippen MR) is 80.1 cm³/mol. The summed E-state index contributed by atoms with van der Waals surface area (Å²) >= 11 is 1.86. The number of Topliss-reactive ketones (excluding diaryl/α,β-unsaturated/α-hetero) is 1. The molecule has 1 aromatic carbocycles. The van der Waals surface area contributed by atoms with Gasteiger partial charge >= 0.3 is 0 Å². The first kappa shape index (κ1) is 12.4. The number of ketones is 1. The third-order valence-electron chi connectivity index (χ3n) is 3.68. The zero-order chi connectivity index (χ0) is 13.2. The summed E-state index contributed by atoms with van der Waals surface area (Å²) in [5, 5.41) is 5.77. The predicted octanol–water partition coefficient (Wildman–Crippen LogP) is 4.44. The average Bonchev–Trinajstić information content (AvgIpc) is 2.89. The molecule has 0 fully saturated rings. The number of hydrogen-bond donors (Lipinski definition) is 1. The van der Waals surface area contributed by atoms with Crippen LogP contribution in [-0.2, 0) is 6.42 Å². The molecule has 1 unspecified atom stereocenters. The normalized spacial score (nSPS) is 17.8. The highest BCUT2D eigenvalue weighted by molar-refractivity contribution is 7.10. The minimum absolute atomic E-state index is 0.115. The molecule has 0 saturated carbocycles. The fraction of sp³-hybridized carbons (Fsp3) is 0.312.